The van der Waals surface area contributed by atoms with Crippen LogP contribution in [0.25, 0.3) is 22.3 Å². The highest BCUT2D eigenvalue weighted by molar-refractivity contribution is 5.88. The zero-order valence-corrected chi connectivity index (χ0v) is 11.0. The van der Waals surface area contributed by atoms with Crippen LogP contribution in [0.3, 0.4) is 0 Å². The third-order valence-corrected chi connectivity index (χ3v) is 3.22. The lowest BCUT2D eigenvalue weighted by atomic mass is 10.0. The number of pyridine rings is 1. The normalized spacial score (nSPS) is 12.0. The van der Waals surface area contributed by atoms with Crippen LogP contribution in [-0.4, -0.2) is 14.8 Å². The van der Waals surface area contributed by atoms with E-state index in [1.807, 2.05) is 0 Å². The Bertz CT molecular complexity index is 821. The topological polar surface area (TPSA) is 56.7 Å². The van der Waals surface area contributed by atoms with Gasteiger partial charge in [0.05, 0.1) is 16.6 Å². The van der Waals surface area contributed by atoms with Crippen LogP contribution in [0, 0.1) is 0 Å². The number of aryl methyl sites for hydroxylation is 1. The van der Waals surface area contributed by atoms with Crippen molar-refractivity contribution < 1.29 is 13.2 Å². The summed E-state index contributed by atoms with van der Waals surface area (Å²) in [7, 11) is 1.64. The van der Waals surface area contributed by atoms with Crippen molar-refractivity contribution in [3.63, 3.8) is 0 Å². The highest BCUT2D eigenvalue weighted by atomic mass is 19.4. The third-order valence-electron chi connectivity index (χ3n) is 3.22. The van der Waals surface area contributed by atoms with Crippen molar-refractivity contribution in [3.8, 4) is 11.3 Å². The van der Waals surface area contributed by atoms with Gasteiger partial charge in [0.25, 0.3) is 0 Å². The first kappa shape index (κ1) is 13.4. The average molecular weight is 292 g/mol. The number of fused-ring (bicyclic) bond motifs is 1. The zero-order valence-electron chi connectivity index (χ0n) is 11.0. The molecule has 0 bridgehead atoms. The quantitative estimate of drug-likeness (QED) is 0.749. The summed E-state index contributed by atoms with van der Waals surface area (Å²) < 4.78 is 40.6. The summed E-state index contributed by atoms with van der Waals surface area (Å²) in [4.78, 5) is 4.26. The molecule has 21 heavy (non-hydrogen) atoms. The largest absolute Gasteiger partial charge is 0.417 e. The van der Waals surface area contributed by atoms with Gasteiger partial charge in [0.2, 0.25) is 0 Å². The summed E-state index contributed by atoms with van der Waals surface area (Å²) in [5.74, 6) is 0.302. The third kappa shape index (κ3) is 2.20. The number of hydrogen-bond acceptors (Lipinski definition) is 3. The Morgan fingerprint density at radius 3 is 2.52 bits per heavy atom. The van der Waals surface area contributed by atoms with Crippen molar-refractivity contribution in [1.29, 1.82) is 0 Å². The van der Waals surface area contributed by atoms with Gasteiger partial charge in [-0.15, -0.1) is 0 Å². The minimum absolute atomic E-state index is 0.0340. The molecule has 0 fully saturated rings. The molecule has 2 N–H and O–H groups in total. The lowest BCUT2D eigenvalue weighted by Gasteiger charge is -2.12. The predicted molar refractivity (Wildman–Crippen MR) is 73.4 cm³/mol. The van der Waals surface area contributed by atoms with Crippen LogP contribution in [0.2, 0.25) is 0 Å². The molecule has 0 aliphatic carbocycles. The Balaban J connectivity index is 2.24. The fourth-order valence-corrected chi connectivity index (χ4v) is 2.26. The van der Waals surface area contributed by atoms with E-state index < -0.39 is 11.7 Å². The predicted octanol–water partition coefficient (Wildman–Crippen LogP) is 3.24. The minimum atomic E-state index is -4.43. The maximum absolute atomic E-state index is 13.1. The molecule has 2 aromatic heterocycles. The van der Waals surface area contributed by atoms with Gasteiger partial charge >= 0.3 is 6.18 Å². The van der Waals surface area contributed by atoms with E-state index in [0.29, 0.717) is 16.9 Å². The number of nitrogens with zero attached hydrogens (tertiary/aromatic N) is 3. The number of rotatable bonds is 1. The molecule has 0 amide bonds. The Kier molecular flexibility index (Phi) is 2.86. The smallest absolute Gasteiger partial charge is 0.382 e. The number of benzene rings is 1. The van der Waals surface area contributed by atoms with Gasteiger partial charge in [0.15, 0.2) is 11.5 Å². The Hall–Kier alpha value is -2.57. The zero-order chi connectivity index (χ0) is 15.2. The lowest BCUT2D eigenvalue weighted by molar-refractivity contribution is -0.137. The number of alkyl halides is 3. The van der Waals surface area contributed by atoms with Crippen LogP contribution >= 0.6 is 0 Å². The molecule has 0 aliphatic rings. The van der Waals surface area contributed by atoms with Crippen molar-refractivity contribution >= 4 is 16.9 Å². The van der Waals surface area contributed by atoms with Crippen molar-refractivity contribution in [2.75, 3.05) is 5.73 Å². The van der Waals surface area contributed by atoms with Gasteiger partial charge in [-0.05, 0) is 18.2 Å². The number of anilines is 1. The summed E-state index contributed by atoms with van der Waals surface area (Å²) in [5.41, 5.74) is 5.71. The molecule has 1 aromatic carbocycles. The minimum Gasteiger partial charge on any atom is -0.382 e. The molecule has 0 unspecified atom stereocenters. The summed E-state index contributed by atoms with van der Waals surface area (Å²) in [5, 5.41) is 4.62. The van der Waals surface area contributed by atoms with Crippen LogP contribution in [0.1, 0.15) is 5.56 Å². The van der Waals surface area contributed by atoms with E-state index >= 15 is 0 Å². The second-order valence-corrected chi connectivity index (χ2v) is 4.62. The first-order valence-electron chi connectivity index (χ1n) is 6.14. The number of halogens is 3. The number of nitrogen functional groups attached to an aromatic ring is 1. The molecule has 3 aromatic rings. The van der Waals surface area contributed by atoms with Crippen LogP contribution < -0.4 is 5.73 Å². The Morgan fingerprint density at radius 1 is 1.10 bits per heavy atom. The van der Waals surface area contributed by atoms with E-state index in [4.69, 9.17) is 5.73 Å². The van der Waals surface area contributed by atoms with Gasteiger partial charge in [-0.3, -0.25) is 0 Å². The molecule has 4 nitrogen and oxygen atoms in total. The monoisotopic (exact) mass is 292 g/mol. The van der Waals surface area contributed by atoms with Gasteiger partial charge in [0, 0.05) is 12.6 Å². The summed E-state index contributed by atoms with van der Waals surface area (Å²) >= 11 is 0. The molecular formula is C14H11F3N4. The molecule has 0 saturated heterocycles. The molecule has 3 rings (SSSR count). The van der Waals surface area contributed by atoms with Crippen LogP contribution in [0.4, 0.5) is 19.0 Å². The molecule has 0 saturated carbocycles. The van der Waals surface area contributed by atoms with E-state index in [9.17, 15) is 13.2 Å². The van der Waals surface area contributed by atoms with Crippen LogP contribution in [0.5, 0.6) is 0 Å². The Labute approximate surface area is 118 Å². The molecule has 0 spiro atoms. The van der Waals surface area contributed by atoms with Gasteiger partial charge in [-0.1, -0.05) is 18.2 Å². The summed E-state index contributed by atoms with van der Waals surface area (Å²) in [6, 6.07) is 8.49. The van der Waals surface area contributed by atoms with Gasteiger partial charge < -0.3 is 5.73 Å². The van der Waals surface area contributed by atoms with Gasteiger partial charge in [-0.2, -0.15) is 18.3 Å². The molecular weight excluding hydrogens is 281 g/mol. The van der Waals surface area contributed by atoms with E-state index in [2.05, 4.69) is 10.1 Å². The standard InChI is InChI=1S/C14H11F3N4/c1-21-13-9(12(18)20-21)6-7-11(19-13)8-4-2-3-5-10(8)14(15,16)17/h2-7H,1H3,(H2,18,20). The number of hydrogen-bond donors (Lipinski definition) is 1. The fourth-order valence-electron chi connectivity index (χ4n) is 2.26. The van der Waals surface area contributed by atoms with Crippen molar-refractivity contribution in [2.45, 2.75) is 6.18 Å². The first-order valence-corrected chi connectivity index (χ1v) is 6.14. The molecule has 0 radical (unpaired) electrons. The van der Waals surface area contributed by atoms with Crippen LogP contribution in [0.15, 0.2) is 36.4 Å². The first-order chi connectivity index (χ1) is 9.88. The summed E-state index contributed by atoms with van der Waals surface area (Å²) in [6.45, 7) is 0. The lowest BCUT2D eigenvalue weighted by Crippen LogP contribution is -2.07. The SMILES string of the molecule is Cn1nc(N)c2ccc(-c3ccccc3C(F)(F)F)nc21. The van der Waals surface area contributed by atoms with E-state index in [1.54, 1.807) is 19.2 Å². The van der Waals surface area contributed by atoms with Crippen molar-refractivity contribution in [2.24, 2.45) is 7.05 Å². The molecule has 0 atom stereocenters. The molecule has 108 valence electrons. The van der Waals surface area contributed by atoms with E-state index in [0.717, 1.165) is 6.07 Å². The second kappa shape index (κ2) is 4.47. The van der Waals surface area contributed by atoms with Gasteiger partial charge in [0.1, 0.15) is 0 Å². The Morgan fingerprint density at radius 2 is 1.81 bits per heavy atom. The maximum atomic E-state index is 13.1. The van der Waals surface area contributed by atoms with E-state index in [1.165, 1.54) is 22.9 Å². The highest BCUT2D eigenvalue weighted by Crippen LogP contribution is 2.36. The van der Waals surface area contributed by atoms with Crippen molar-refractivity contribution in [1.82, 2.24) is 14.8 Å². The second-order valence-electron chi connectivity index (χ2n) is 4.62. The summed E-state index contributed by atoms with van der Waals surface area (Å²) in [6.07, 6.45) is -4.43. The van der Waals surface area contributed by atoms with E-state index in [-0.39, 0.29) is 11.3 Å². The fraction of sp³-hybridized carbons (Fsp3) is 0.143. The number of nitrogens with two attached hydrogens (primary N) is 1. The molecule has 2 heterocycles. The highest BCUT2D eigenvalue weighted by Gasteiger charge is 2.33. The van der Waals surface area contributed by atoms with Gasteiger partial charge in [-0.25, -0.2) is 9.67 Å². The number of aromatic nitrogens is 3. The van der Waals surface area contributed by atoms with Crippen LogP contribution in [-0.2, 0) is 13.2 Å². The maximum Gasteiger partial charge on any atom is 0.417 e. The average Bonchev–Trinajstić information content (AvgIpc) is 2.73. The molecule has 0 aliphatic heterocycles. The molecule has 7 heteroatoms. The van der Waals surface area contributed by atoms with Crippen molar-refractivity contribution in [3.05, 3.63) is 42.0 Å².